The summed E-state index contributed by atoms with van der Waals surface area (Å²) in [5.41, 5.74) is 18.4. The van der Waals surface area contributed by atoms with Crippen LogP contribution >= 0.6 is 0 Å². The number of hydrogen-bond acceptors (Lipinski definition) is 2. The van der Waals surface area contributed by atoms with Crippen molar-refractivity contribution in [2.24, 2.45) is 0 Å². The van der Waals surface area contributed by atoms with Crippen LogP contribution in [-0.2, 0) is 10.8 Å². The zero-order valence-corrected chi connectivity index (χ0v) is 28.8. The highest BCUT2D eigenvalue weighted by Crippen LogP contribution is 2.53. The Labute approximate surface area is 293 Å². The first kappa shape index (κ1) is 29.1. The van der Waals surface area contributed by atoms with Crippen molar-refractivity contribution in [3.05, 3.63) is 174 Å². The van der Waals surface area contributed by atoms with Crippen molar-refractivity contribution in [3.63, 3.8) is 0 Å². The first-order chi connectivity index (χ1) is 24.3. The van der Waals surface area contributed by atoms with Gasteiger partial charge in [-0.2, -0.15) is 0 Å². The molecule has 10 rings (SSSR count). The first-order valence-corrected chi connectivity index (χ1v) is 17.6. The molecular weight excluding hydrogens is 607 g/mol. The maximum absolute atomic E-state index is 6.12. The molecule has 2 aliphatic rings. The monoisotopic (exact) mass is 643 g/mol. The van der Waals surface area contributed by atoms with Gasteiger partial charge in [-0.1, -0.05) is 125 Å². The van der Waals surface area contributed by atoms with E-state index in [4.69, 9.17) is 4.42 Å². The molecular formula is C48H37NO. The summed E-state index contributed by atoms with van der Waals surface area (Å²) in [6.07, 6.45) is 0. The molecule has 2 heteroatoms. The molecule has 50 heavy (non-hydrogen) atoms. The molecule has 7 aromatic carbocycles. The summed E-state index contributed by atoms with van der Waals surface area (Å²) >= 11 is 0. The average Bonchev–Trinajstić information content (AvgIpc) is 3.71. The van der Waals surface area contributed by atoms with Gasteiger partial charge >= 0.3 is 0 Å². The van der Waals surface area contributed by atoms with Crippen molar-refractivity contribution in [3.8, 4) is 33.4 Å². The lowest BCUT2D eigenvalue weighted by Gasteiger charge is -2.28. The van der Waals surface area contributed by atoms with Gasteiger partial charge in [0.1, 0.15) is 11.2 Å². The first-order valence-electron chi connectivity index (χ1n) is 17.6. The van der Waals surface area contributed by atoms with Gasteiger partial charge in [0.15, 0.2) is 0 Å². The second-order valence-corrected chi connectivity index (χ2v) is 15.0. The van der Waals surface area contributed by atoms with Gasteiger partial charge in [-0.25, -0.2) is 0 Å². The molecule has 0 radical (unpaired) electrons. The minimum atomic E-state index is -0.0405. The topological polar surface area (TPSA) is 16.4 Å². The van der Waals surface area contributed by atoms with Crippen LogP contribution in [0.2, 0.25) is 0 Å². The molecule has 0 N–H and O–H groups in total. The number of para-hydroxylation sites is 1. The van der Waals surface area contributed by atoms with Crippen LogP contribution in [0.4, 0.5) is 17.1 Å². The molecule has 0 saturated heterocycles. The number of fused-ring (bicyclic) bond motifs is 9. The van der Waals surface area contributed by atoms with Crippen molar-refractivity contribution >= 4 is 39.0 Å². The van der Waals surface area contributed by atoms with Gasteiger partial charge in [0.2, 0.25) is 0 Å². The highest BCUT2D eigenvalue weighted by Gasteiger charge is 2.37. The number of furan rings is 1. The van der Waals surface area contributed by atoms with Crippen molar-refractivity contribution in [2.75, 3.05) is 4.90 Å². The predicted octanol–water partition coefficient (Wildman–Crippen LogP) is 13.3. The van der Waals surface area contributed by atoms with Gasteiger partial charge in [0.05, 0.1) is 0 Å². The van der Waals surface area contributed by atoms with Crippen molar-refractivity contribution in [1.29, 1.82) is 0 Å². The fourth-order valence-corrected chi connectivity index (χ4v) is 8.85. The molecule has 1 heterocycles. The average molecular weight is 644 g/mol. The number of benzene rings is 7. The van der Waals surface area contributed by atoms with Gasteiger partial charge in [-0.05, 0) is 110 Å². The van der Waals surface area contributed by atoms with Crippen LogP contribution in [0.5, 0.6) is 0 Å². The zero-order chi connectivity index (χ0) is 33.8. The smallest absolute Gasteiger partial charge is 0.135 e. The van der Waals surface area contributed by atoms with Crippen LogP contribution in [0.15, 0.2) is 156 Å². The third-order valence-electron chi connectivity index (χ3n) is 11.5. The van der Waals surface area contributed by atoms with E-state index in [0.29, 0.717) is 0 Å². The Morgan fingerprint density at radius 3 is 1.48 bits per heavy atom. The fourth-order valence-electron chi connectivity index (χ4n) is 8.85. The summed E-state index contributed by atoms with van der Waals surface area (Å²) in [5.74, 6) is 0. The molecule has 0 spiro atoms. The highest BCUT2D eigenvalue weighted by atomic mass is 16.3. The Hall–Kier alpha value is -5.86. The van der Waals surface area contributed by atoms with Crippen LogP contribution in [0.25, 0.3) is 55.3 Å². The summed E-state index contributed by atoms with van der Waals surface area (Å²) in [5, 5.41) is 2.29. The van der Waals surface area contributed by atoms with Crippen LogP contribution in [0, 0.1) is 0 Å². The maximum atomic E-state index is 6.12. The summed E-state index contributed by atoms with van der Waals surface area (Å²) in [7, 11) is 0. The largest absolute Gasteiger partial charge is 0.456 e. The quantitative estimate of drug-likeness (QED) is 0.190. The lowest BCUT2D eigenvalue weighted by atomic mass is 9.82. The van der Waals surface area contributed by atoms with E-state index in [9.17, 15) is 0 Å². The third kappa shape index (κ3) is 4.08. The van der Waals surface area contributed by atoms with E-state index in [-0.39, 0.29) is 10.8 Å². The van der Waals surface area contributed by atoms with Gasteiger partial charge in [-0.3, -0.25) is 0 Å². The second kappa shape index (κ2) is 10.3. The summed E-state index contributed by atoms with van der Waals surface area (Å²) in [4.78, 5) is 2.43. The Bertz CT molecular complexity index is 2550. The van der Waals surface area contributed by atoms with Crippen LogP contribution in [0.1, 0.15) is 49.9 Å². The van der Waals surface area contributed by atoms with Crippen molar-refractivity contribution in [1.82, 2.24) is 0 Å². The lowest BCUT2D eigenvalue weighted by Crippen LogP contribution is -2.16. The van der Waals surface area contributed by atoms with E-state index >= 15 is 0 Å². The number of rotatable bonds is 4. The maximum Gasteiger partial charge on any atom is 0.135 e. The minimum absolute atomic E-state index is 0.0405. The number of hydrogen-bond donors (Lipinski definition) is 0. The highest BCUT2D eigenvalue weighted by molar-refractivity contribution is 6.06. The van der Waals surface area contributed by atoms with E-state index < -0.39 is 0 Å². The van der Waals surface area contributed by atoms with E-state index in [1.54, 1.807) is 0 Å². The third-order valence-corrected chi connectivity index (χ3v) is 11.5. The zero-order valence-electron chi connectivity index (χ0n) is 28.8. The molecule has 0 aliphatic heterocycles. The predicted molar refractivity (Wildman–Crippen MR) is 209 cm³/mol. The summed E-state index contributed by atoms with van der Waals surface area (Å²) in [6.45, 7) is 9.38. The van der Waals surface area contributed by atoms with Gasteiger partial charge in [-0.15, -0.1) is 0 Å². The Kier molecular flexibility index (Phi) is 6.01. The van der Waals surface area contributed by atoms with E-state index in [0.717, 1.165) is 39.0 Å². The Morgan fingerprint density at radius 1 is 0.380 bits per heavy atom. The Balaban J connectivity index is 1.13. The summed E-state index contributed by atoms with van der Waals surface area (Å²) < 4.78 is 6.12. The fraction of sp³-hybridized carbons (Fsp3) is 0.125. The van der Waals surface area contributed by atoms with E-state index in [1.165, 1.54) is 55.6 Å². The van der Waals surface area contributed by atoms with Crippen LogP contribution in [0.3, 0.4) is 0 Å². The lowest BCUT2D eigenvalue weighted by molar-refractivity contribution is 0.660. The molecule has 1 aromatic heterocycles. The molecule has 2 aliphatic carbocycles. The van der Waals surface area contributed by atoms with E-state index in [2.05, 4.69) is 172 Å². The SMILES string of the molecule is CC1(C)c2ccccc2-c2cc(N(c3ccc(-c4ccc5oc6ccccc6c5c4)cc3)c3ccc4c(c3)-c3ccccc3C4(C)C)ccc21. The van der Waals surface area contributed by atoms with Gasteiger partial charge in [0, 0.05) is 38.7 Å². The van der Waals surface area contributed by atoms with Crippen LogP contribution < -0.4 is 4.90 Å². The standard InChI is InChI=1S/C48H37NO/c1-47(2)41-14-8-5-11-35(41)38-28-33(22-24-43(38)47)49(34-23-25-44-39(29-34)36-12-6-9-15-42(36)48(44,3)4)32-20-17-30(18-21-32)31-19-26-46-40(27-31)37-13-7-10-16-45(37)50-46/h5-29H,1-4H3. The minimum Gasteiger partial charge on any atom is -0.456 e. The molecule has 0 amide bonds. The molecule has 2 nitrogen and oxygen atoms in total. The van der Waals surface area contributed by atoms with E-state index in [1.807, 2.05) is 12.1 Å². The van der Waals surface area contributed by atoms with Gasteiger partial charge in [0.25, 0.3) is 0 Å². The molecule has 8 aromatic rings. The molecule has 0 saturated carbocycles. The van der Waals surface area contributed by atoms with Crippen LogP contribution in [-0.4, -0.2) is 0 Å². The molecule has 0 bridgehead atoms. The van der Waals surface area contributed by atoms with Crippen molar-refractivity contribution in [2.45, 2.75) is 38.5 Å². The molecule has 0 fully saturated rings. The summed E-state index contributed by atoms with van der Waals surface area (Å²) in [6, 6.07) is 55.7. The normalized spacial score (nSPS) is 14.7. The van der Waals surface area contributed by atoms with Crippen molar-refractivity contribution < 1.29 is 4.42 Å². The number of nitrogens with zero attached hydrogens (tertiary/aromatic N) is 1. The molecule has 240 valence electrons. The molecule has 0 atom stereocenters. The molecule has 0 unspecified atom stereocenters. The van der Waals surface area contributed by atoms with Gasteiger partial charge < -0.3 is 9.32 Å². The Morgan fingerprint density at radius 2 is 0.860 bits per heavy atom. The second-order valence-electron chi connectivity index (χ2n) is 15.0. The number of anilines is 3.